The number of nitrogens with zero attached hydrogens (tertiary/aromatic N) is 1. The Balaban J connectivity index is 2.17. The lowest BCUT2D eigenvalue weighted by Crippen LogP contribution is -2.31. The van der Waals surface area contributed by atoms with E-state index in [0.717, 1.165) is 16.7 Å². The second kappa shape index (κ2) is 9.13. The van der Waals surface area contributed by atoms with E-state index in [0.29, 0.717) is 30.9 Å². The first-order valence-corrected chi connectivity index (χ1v) is 9.88. The van der Waals surface area contributed by atoms with Crippen LogP contribution in [0.5, 0.6) is 5.75 Å². The Kier molecular flexibility index (Phi) is 6.57. The molecule has 0 spiro atoms. The van der Waals surface area contributed by atoms with Crippen LogP contribution in [0.25, 0.3) is 5.76 Å². The second-order valence-electron chi connectivity index (χ2n) is 7.38. The maximum absolute atomic E-state index is 13.0. The molecule has 1 unspecified atom stereocenters. The lowest BCUT2D eigenvalue weighted by atomic mass is 9.91. The number of carbonyl (C=O) groups excluding carboxylic acids is 2. The van der Waals surface area contributed by atoms with Gasteiger partial charge in [-0.05, 0) is 55.2 Å². The van der Waals surface area contributed by atoms with Crippen molar-refractivity contribution in [3.63, 3.8) is 0 Å². The standard InChI is InChI=1S/C24H27NO5/c1-15-8-5-6-9-18(15)21-20(23(27)24(28)25(21)12-7-13-29-3)22(26)19-11-10-17(30-4)14-16(19)2/h5-6,8-11,14,21,26H,7,12-13H2,1-4H3/b22-20+. The summed E-state index contributed by atoms with van der Waals surface area (Å²) in [5, 5.41) is 11.2. The number of aryl methyl sites for hydroxylation is 2. The first-order chi connectivity index (χ1) is 14.4. The Bertz CT molecular complexity index is 995. The minimum Gasteiger partial charge on any atom is -0.507 e. The normalized spacial score (nSPS) is 18.1. The molecular weight excluding hydrogens is 382 g/mol. The van der Waals surface area contributed by atoms with Gasteiger partial charge < -0.3 is 19.5 Å². The number of methoxy groups -OCH3 is 2. The minimum atomic E-state index is -0.673. The number of ether oxygens (including phenoxy) is 2. The maximum atomic E-state index is 13.0. The highest BCUT2D eigenvalue weighted by Gasteiger charge is 2.46. The van der Waals surface area contributed by atoms with Gasteiger partial charge in [0, 0.05) is 25.8 Å². The van der Waals surface area contributed by atoms with Gasteiger partial charge in [-0.2, -0.15) is 0 Å². The molecule has 1 saturated heterocycles. The number of benzene rings is 2. The third kappa shape index (κ3) is 3.96. The van der Waals surface area contributed by atoms with Crippen LogP contribution in [0, 0.1) is 13.8 Å². The topological polar surface area (TPSA) is 76.1 Å². The number of amides is 1. The molecule has 0 saturated carbocycles. The molecule has 1 atom stereocenters. The Morgan fingerprint density at radius 3 is 2.43 bits per heavy atom. The number of Topliss-reactive ketones (excluding diaryl/α,β-unsaturated/α-hetero) is 1. The van der Waals surface area contributed by atoms with Crippen molar-refractivity contribution in [1.82, 2.24) is 4.90 Å². The van der Waals surface area contributed by atoms with Crippen LogP contribution in [0.3, 0.4) is 0 Å². The molecule has 0 aromatic heterocycles. The second-order valence-corrected chi connectivity index (χ2v) is 7.38. The molecule has 30 heavy (non-hydrogen) atoms. The SMILES string of the molecule is COCCCN1C(=O)C(=O)/C(=C(/O)c2ccc(OC)cc2C)C1c1ccccc1C. The molecule has 1 heterocycles. The van der Waals surface area contributed by atoms with Gasteiger partial charge in [-0.25, -0.2) is 0 Å². The minimum absolute atomic E-state index is 0.111. The fourth-order valence-electron chi connectivity index (χ4n) is 3.88. The lowest BCUT2D eigenvalue weighted by molar-refractivity contribution is -0.140. The quantitative estimate of drug-likeness (QED) is 0.326. The number of rotatable bonds is 7. The van der Waals surface area contributed by atoms with E-state index in [2.05, 4.69) is 0 Å². The summed E-state index contributed by atoms with van der Waals surface area (Å²) in [5.74, 6) is -0.795. The van der Waals surface area contributed by atoms with Crippen LogP contribution in [0.4, 0.5) is 0 Å². The largest absolute Gasteiger partial charge is 0.507 e. The Morgan fingerprint density at radius 1 is 1.07 bits per heavy atom. The summed E-state index contributed by atoms with van der Waals surface area (Å²) >= 11 is 0. The predicted molar refractivity (Wildman–Crippen MR) is 114 cm³/mol. The lowest BCUT2D eigenvalue weighted by Gasteiger charge is -2.26. The van der Waals surface area contributed by atoms with E-state index in [1.165, 1.54) is 4.90 Å². The van der Waals surface area contributed by atoms with Crippen LogP contribution in [0.2, 0.25) is 0 Å². The number of aliphatic hydroxyl groups is 1. The van der Waals surface area contributed by atoms with Gasteiger partial charge in [0.1, 0.15) is 11.5 Å². The molecule has 6 nitrogen and oxygen atoms in total. The predicted octanol–water partition coefficient (Wildman–Crippen LogP) is 3.77. The van der Waals surface area contributed by atoms with E-state index in [-0.39, 0.29) is 11.3 Å². The average Bonchev–Trinajstić information content (AvgIpc) is 2.98. The fourth-order valence-corrected chi connectivity index (χ4v) is 3.88. The molecule has 1 aliphatic rings. The number of ketones is 1. The van der Waals surface area contributed by atoms with Gasteiger partial charge in [-0.1, -0.05) is 24.3 Å². The van der Waals surface area contributed by atoms with Crippen LogP contribution in [0.15, 0.2) is 48.0 Å². The van der Waals surface area contributed by atoms with E-state index in [1.54, 1.807) is 32.4 Å². The molecule has 1 fully saturated rings. The summed E-state index contributed by atoms with van der Waals surface area (Å²) in [7, 11) is 3.16. The molecule has 158 valence electrons. The Labute approximate surface area is 176 Å². The van der Waals surface area contributed by atoms with Gasteiger partial charge >= 0.3 is 0 Å². The monoisotopic (exact) mass is 409 g/mol. The van der Waals surface area contributed by atoms with Gasteiger partial charge in [0.15, 0.2) is 0 Å². The van der Waals surface area contributed by atoms with Gasteiger partial charge in [-0.15, -0.1) is 0 Å². The van der Waals surface area contributed by atoms with Crippen molar-refractivity contribution >= 4 is 17.4 Å². The molecule has 1 amide bonds. The third-order valence-electron chi connectivity index (χ3n) is 5.46. The van der Waals surface area contributed by atoms with Gasteiger partial charge in [0.05, 0.1) is 18.7 Å². The number of likely N-dealkylation sites (tertiary alicyclic amines) is 1. The highest BCUT2D eigenvalue weighted by Crippen LogP contribution is 2.41. The molecule has 1 N–H and O–H groups in total. The zero-order valence-electron chi connectivity index (χ0n) is 17.8. The summed E-state index contributed by atoms with van der Waals surface area (Å²) in [4.78, 5) is 27.5. The summed E-state index contributed by atoms with van der Waals surface area (Å²) in [6.07, 6.45) is 0.591. The zero-order chi connectivity index (χ0) is 21.8. The van der Waals surface area contributed by atoms with Crippen LogP contribution in [-0.4, -0.2) is 49.1 Å². The van der Waals surface area contributed by atoms with Crippen molar-refractivity contribution in [2.75, 3.05) is 27.4 Å². The van der Waals surface area contributed by atoms with Crippen LogP contribution >= 0.6 is 0 Å². The van der Waals surface area contributed by atoms with Crippen LogP contribution < -0.4 is 4.74 Å². The van der Waals surface area contributed by atoms with E-state index >= 15 is 0 Å². The molecule has 2 aromatic rings. The summed E-state index contributed by atoms with van der Waals surface area (Å²) in [6, 6.07) is 12.2. The van der Waals surface area contributed by atoms with Crippen molar-refractivity contribution in [3.05, 3.63) is 70.3 Å². The Hall–Kier alpha value is -3.12. The van der Waals surface area contributed by atoms with Gasteiger partial charge in [0.25, 0.3) is 11.7 Å². The number of hydrogen-bond acceptors (Lipinski definition) is 5. The van der Waals surface area contributed by atoms with Gasteiger partial charge in [-0.3, -0.25) is 9.59 Å². The van der Waals surface area contributed by atoms with Crippen LogP contribution in [-0.2, 0) is 14.3 Å². The van der Waals surface area contributed by atoms with Gasteiger partial charge in [0.2, 0.25) is 0 Å². The molecule has 0 radical (unpaired) electrons. The summed E-state index contributed by atoms with van der Waals surface area (Å²) in [6.45, 7) is 4.59. The molecular formula is C24H27NO5. The zero-order valence-corrected chi connectivity index (χ0v) is 17.8. The number of aliphatic hydroxyl groups excluding tert-OH is 1. The molecule has 2 aromatic carbocycles. The van der Waals surface area contributed by atoms with Crippen molar-refractivity contribution in [2.24, 2.45) is 0 Å². The molecule has 1 aliphatic heterocycles. The average molecular weight is 409 g/mol. The van der Waals surface area contributed by atoms with Crippen LogP contribution in [0.1, 0.15) is 34.7 Å². The number of carbonyl (C=O) groups is 2. The van der Waals surface area contributed by atoms with Crippen molar-refractivity contribution in [1.29, 1.82) is 0 Å². The van der Waals surface area contributed by atoms with Crippen molar-refractivity contribution in [3.8, 4) is 5.75 Å². The first kappa shape index (κ1) is 21.6. The Morgan fingerprint density at radius 2 is 1.80 bits per heavy atom. The summed E-state index contributed by atoms with van der Waals surface area (Å²) in [5.41, 5.74) is 3.13. The third-order valence-corrected chi connectivity index (χ3v) is 5.46. The smallest absolute Gasteiger partial charge is 0.295 e. The van der Waals surface area contributed by atoms with E-state index in [1.807, 2.05) is 38.1 Å². The first-order valence-electron chi connectivity index (χ1n) is 9.88. The highest BCUT2D eigenvalue weighted by molar-refractivity contribution is 6.46. The van der Waals surface area contributed by atoms with Crippen molar-refractivity contribution in [2.45, 2.75) is 26.3 Å². The summed E-state index contributed by atoms with van der Waals surface area (Å²) < 4.78 is 10.3. The van der Waals surface area contributed by atoms with Crippen molar-refractivity contribution < 1.29 is 24.2 Å². The molecule has 0 bridgehead atoms. The van der Waals surface area contributed by atoms with E-state index in [4.69, 9.17) is 9.47 Å². The highest BCUT2D eigenvalue weighted by atomic mass is 16.5. The molecule has 6 heteroatoms. The fraction of sp³-hybridized carbons (Fsp3) is 0.333. The van der Waals surface area contributed by atoms with E-state index in [9.17, 15) is 14.7 Å². The number of hydrogen-bond donors (Lipinski definition) is 1. The molecule has 3 rings (SSSR count). The van der Waals surface area contributed by atoms with E-state index < -0.39 is 17.7 Å². The maximum Gasteiger partial charge on any atom is 0.295 e. The molecule has 0 aliphatic carbocycles.